The van der Waals surface area contributed by atoms with E-state index in [1.807, 2.05) is 27.2 Å². The van der Waals surface area contributed by atoms with Gasteiger partial charge in [0, 0.05) is 6.42 Å². The number of nitrogens with one attached hydrogen (secondary N) is 1. The highest BCUT2D eigenvalue weighted by Gasteiger charge is 2.23. The third-order valence-electron chi connectivity index (χ3n) is 18.0. The zero-order valence-electron chi connectivity index (χ0n) is 57.7. The number of phosphoric ester groups is 1. The van der Waals surface area contributed by atoms with E-state index in [-0.39, 0.29) is 19.1 Å². The molecule has 0 fully saturated rings. The van der Waals surface area contributed by atoms with E-state index in [0.717, 1.165) is 38.5 Å². The predicted molar refractivity (Wildman–Crippen MR) is 367 cm³/mol. The largest absolute Gasteiger partial charge is 0.756 e. The number of aliphatic hydroxyl groups excluding tert-OH is 1. The minimum absolute atomic E-state index is 0.00303. The molecule has 0 bridgehead atoms. The van der Waals surface area contributed by atoms with Crippen LogP contribution in [0.4, 0.5) is 0 Å². The first-order valence-electron chi connectivity index (χ1n) is 38.1. The maximum Gasteiger partial charge on any atom is 0.268 e. The van der Waals surface area contributed by atoms with Crippen molar-refractivity contribution in [2.24, 2.45) is 0 Å². The number of unbranched alkanes of at least 4 members (excludes halogenated alkanes) is 59. The molecule has 502 valence electrons. The van der Waals surface area contributed by atoms with Gasteiger partial charge in [0.25, 0.3) is 7.82 Å². The van der Waals surface area contributed by atoms with Crippen LogP contribution in [-0.2, 0) is 18.4 Å². The molecule has 0 radical (unpaired) electrons. The number of amides is 1. The summed E-state index contributed by atoms with van der Waals surface area (Å²) in [4.78, 5) is 25.7. The van der Waals surface area contributed by atoms with Crippen LogP contribution in [0.2, 0.25) is 0 Å². The summed E-state index contributed by atoms with van der Waals surface area (Å²) < 4.78 is 23.5. The van der Waals surface area contributed by atoms with Gasteiger partial charge in [-0.15, -0.1) is 0 Å². The molecule has 1 amide bonds. The zero-order valence-corrected chi connectivity index (χ0v) is 58.5. The van der Waals surface area contributed by atoms with Gasteiger partial charge in [-0.3, -0.25) is 9.36 Å². The van der Waals surface area contributed by atoms with E-state index in [1.165, 1.54) is 353 Å². The van der Waals surface area contributed by atoms with Crippen LogP contribution >= 0.6 is 7.82 Å². The van der Waals surface area contributed by atoms with Crippen molar-refractivity contribution >= 4 is 13.7 Å². The molecule has 8 nitrogen and oxygen atoms in total. The van der Waals surface area contributed by atoms with Crippen LogP contribution in [0, 0.1) is 0 Å². The molecule has 0 rings (SSSR count). The number of aliphatic hydroxyl groups is 1. The summed E-state index contributed by atoms with van der Waals surface area (Å²) in [5.74, 6) is -0.186. The molecule has 0 aromatic rings. The Kier molecular flexibility index (Phi) is 66.1. The monoisotopic (exact) mass is 1210 g/mol. The molecule has 0 aromatic heterocycles. The van der Waals surface area contributed by atoms with Gasteiger partial charge in [0.05, 0.1) is 39.9 Å². The van der Waals surface area contributed by atoms with Crippen molar-refractivity contribution in [2.75, 3.05) is 40.9 Å². The number of likely N-dealkylation sites (N-methyl/N-ethyl adjacent to an activating group) is 1. The molecule has 3 atom stereocenters. The third kappa shape index (κ3) is 68.7. The van der Waals surface area contributed by atoms with E-state index in [1.54, 1.807) is 6.08 Å². The first-order valence-corrected chi connectivity index (χ1v) is 39.5. The van der Waals surface area contributed by atoms with E-state index in [0.29, 0.717) is 17.4 Å². The van der Waals surface area contributed by atoms with Crippen molar-refractivity contribution in [3.63, 3.8) is 0 Å². The fourth-order valence-electron chi connectivity index (χ4n) is 12.1. The van der Waals surface area contributed by atoms with Gasteiger partial charge in [0.15, 0.2) is 0 Å². The summed E-state index contributed by atoms with van der Waals surface area (Å²) in [5, 5.41) is 14.0. The number of hydrogen-bond donors (Lipinski definition) is 2. The second-order valence-corrected chi connectivity index (χ2v) is 29.1. The number of nitrogens with zero attached hydrogens (tertiary/aromatic N) is 1. The minimum atomic E-state index is -4.60. The van der Waals surface area contributed by atoms with Gasteiger partial charge < -0.3 is 28.8 Å². The first kappa shape index (κ1) is 83.2. The fourth-order valence-corrected chi connectivity index (χ4v) is 12.8. The molecule has 0 aromatic carbocycles. The van der Waals surface area contributed by atoms with Crippen LogP contribution in [0.1, 0.15) is 412 Å². The highest BCUT2D eigenvalue weighted by Crippen LogP contribution is 2.38. The van der Waals surface area contributed by atoms with E-state index in [9.17, 15) is 19.4 Å². The van der Waals surface area contributed by atoms with Crippen molar-refractivity contribution in [2.45, 2.75) is 424 Å². The molecule has 0 aliphatic rings. The van der Waals surface area contributed by atoms with Crippen LogP contribution < -0.4 is 10.2 Å². The number of carbonyl (C=O) groups is 1. The Hall–Kier alpha value is -0.760. The summed E-state index contributed by atoms with van der Waals surface area (Å²) >= 11 is 0. The molecule has 0 spiro atoms. The summed E-state index contributed by atoms with van der Waals surface area (Å²) in [6.07, 6.45) is 86.6. The first-order chi connectivity index (χ1) is 41.0. The van der Waals surface area contributed by atoms with Crippen LogP contribution in [0.3, 0.4) is 0 Å². The van der Waals surface area contributed by atoms with E-state index < -0.39 is 20.0 Å². The third-order valence-corrected chi connectivity index (χ3v) is 19.0. The second-order valence-electron chi connectivity index (χ2n) is 27.7. The Balaban J connectivity index is 3.90. The van der Waals surface area contributed by atoms with E-state index in [2.05, 4.69) is 19.2 Å². The van der Waals surface area contributed by atoms with E-state index in [4.69, 9.17) is 9.05 Å². The standard InChI is InChI=1S/C75H151N2O6P/c1-6-8-10-12-14-16-18-20-22-24-26-28-30-31-32-33-34-35-36-37-38-39-40-41-42-43-44-45-47-49-51-53-55-57-59-61-63-65-67-69-75(79)76-73(72-83-84(80,81)82-71-70-77(3,4)5)74(78)68-66-64-62-60-58-56-54-52-50-48-46-29-27-25-23-21-19-17-15-13-11-9-7-2/h66,68,73-74,78H,6-65,67,69-72H2,1-5H3,(H-,76,79,80,81)/b68-66+. The molecule has 9 heteroatoms. The van der Waals surface area contributed by atoms with Gasteiger partial charge in [-0.2, -0.15) is 0 Å². The van der Waals surface area contributed by atoms with Crippen LogP contribution in [0.5, 0.6) is 0 Å². The summed E-state index contributed by atoms with van der Waals surface area (Å²) in [7, 11) is 1.29. The molecule has 0 aliphatic heterocycles. The number of hydrogen-bond acceptors (Lipinski definition) is 6. The van der Waals surface area contributed by atoms with Gasteiger partial charge in [-0.1, -0.05) is 398 Å². The lowest BCUT2D eigenvalue weighted by Crippen LogP contribution is -2.45. The molecule has 0 saturated carbocycles. The van der Waals surface area contributed by atoms with Crippen molar-refractivity contribution in [3.8, 4) is 0 Å². The summed E-state index contributed by atoms with van der Waals surface area (Å²) in [5.41, 5.74) is 0. The quantitative estimate of drug-likeness (QED) is 0.0272. The SMILES string of the molecule is CCCCCCCCCCCCCCCCCCCCCCC/C=C/C(O)C(COP(=O)([O-])OCC[N+](C)(C)C)NC(=O)CCCCCCCCCCCCCCCCCCCCCCCCCCCCCCCCCCCCCCCCC. The highest BCUT2D eigenvalue weighted by molar-refractivity contribution is 7.45. The number of allylic oxidation sites excluding steroid dienone is 1. The Morgan fingerprint density at radius 3 is 0.893 bits per heavy atom. The Morgan fingerprint density at radius 1 is 0.405 bits per heavy atom. The van der Waals surface area contributed by atoms with Crippen LogP contribution in [0.15, 0.2) is 12.2 Å². The summed E-state index contributed by atoms with van der Waals surface area (Å²) in [6, 6.07) is -0.884. The van der Waals surface area contributed by atoms with Crippen LogP contribution in [0.25, 0.3) is 0 Å². The molecular weight excluding hydrogens is 1060 g/mol. The zero-order chi connectivity index (χ0) is 61.2. The lowest BCUT2D eigenvalue weighted by atomic mass is 10.0. The normalized spacial score (nSPS) is 13.6. The average molecular weight is 1210 g/mol. The van der Waals surface area contributed by atoms with Crippen LogP contribution in [-0.4, -0.2) is 68.5 Å². The second kappa shape index (κ2) is 66.7. The molecule has 0 aliphatic carbocycles. The molecule has 0 saturated heterocycles. The van der Waals surface area contributed by atoms with Gasteiger partial charge in [0.1, 0.15) is 13.2 Å². The van der Waals surface area contributed by atoms with Crippen molar-refractivity contribution in [3.05, 3.63) is 12.2 Å². The molecular formula is C75H151N2O6P. The van der Waals surface area contributed by atoms with Crippen molar-refractivity contribution in [1.82, 2.24) is 5.32 Å². The van der Waals surface area contributed by atoms with Gasteiger partial charge >= 0.3 is 0 Å². The Labute approximate surface area is 526 Å². The van der Waals surface area contributed by atoms with E-state index >= 15 is 0 Å². The molecule has 2 N–H and O–H groups in total. The van der Waals surface area contributed by atoms with Gasteiger partial charge in [-0.05, 0) is 19.3 Å². The van der Waals surface area contributed by atoms with Crippen molar-refractivity contribution < 1.29 is 32.9 Å². The molecule has 84 heavy (non-hydrogen) atoms. The number of quaternary nitrogens is 1. The van der Waals surface area contributed by atoms with Crippen molar-refractivity contribution in [1.29, 1.82) is 0 Å². The molecule has 3 unspecified atom stereocenters. The average Bonchev–Trinajstić information content (AvgIpc) is 3.56. The topological polar surface area (TPSA) is 108 Å². The predicted octanol–water partition coefficient (Wildman–Crippen LogP) is 23.8. The maximum atomic E-state index is 13.1. The lowest BCUT2D eigenvalue weighted by Gasteiger charge is -2.29. The maximum absolute atomic E-state index is 13.1. The number of rotatable bonds is 72. The molecule has 0 heterocycles. The number of phosphoric acid groups is 1. The minimum Gasteiger partial charge on any atom is -0.756 e. The smallest absolute Gasteiger partial charge is 0.268 e. The number of carbonyl (C=O) groups excluding carboxylic acids is 1. The highest BCUT2D eigenvalue weighted by atomic mass is 31.2. The Bertz CT molecular complexity index is 1370. The van der Waals surface area contributed by atoms with Gasteiger partial charge in [0.2, 0.25) is 5.91 Å². The lowest BCUT2D eigenvalue weighted by molar-refractivity contribution is -0.870. The summed E-state index contributed by atoms with van der Waals surface area (Å²) in [6.45, 7) is 4.73. The Morgan fingerprint density at radius 2 is 0.643 bits per heavy atom. The van der Waals surface area contributed by atoms with Gasteiger partial charge in [-0.25, -0.2) is 0 Å². The fraction of sp³-hybridized carbons (Fsp3) is 0.960.